The molecule has 1 radical (unpaired) electrons. The van der Waals surface area contributed by atoms with Gasteiger partial charge in [-0.05, 0) is 43.3 Å². The number of sulfone groups is 1. The van der Waals surface area contributed by atoms with Crippen LogP contribution in [0.1, 0.15) is 12.0 Å². The van der Waals surface area contributed by atoms with Crippen LogP contribution < -0.4 is 5.32 Å². The van der Waals surface area contributed by atoms with Crippen molar-refractivity contribution in [1.82, 2.24) is 9.88 Å². The molecular weight excluding hydrogens is 440 g/mol. The van der Waals surface area contributed by atoms with E-state index in [2.05, 4.69) is 21.4 Å². The zero-order valence-corrected chi connectivity index (χ0v) is 17.3. The summed E-state index contributed by atoms with van der Waals surface area (Å²) in [7, 11) is -4.41. The first-order valence-electron chi connectivity index (χ1n) is 8.69. The zero-order valence-electron chi connectivity index (χ0n) is 15.0. The predicted molar refractivity (Wildman–Crippen MR) is 107 cm³/mol. The molecule has 10 heteroatoms. The van der Waals surface area contributed by atoms with Gasteiger partial charge in [0.1, 0.15) is 22.7 Å². The fourth-order valence-corrected chi connectivity index (χ4v) is 5.48. The lowest BCUT2D eigenvalue weighted by molar-refractivity contribution is 0.173. The molecule has 0 saturated carbocycles. The average Bonchev–Trinajstić information content (AvgIpc) is 3.15. The summed E-state index contributed by atoms with van der Waals surface area (Å²) in [5.74, 6) is -2.42. The van der Waals surface area contributed by atoms with Gasteiger partial charge in [-0.15, -0.1) is 11.3 Å². The molecule has 29 heavy (non-hydrogen) atoms. The van der Waals surface area contributed by atoms with Crippen molar-refractivity contribution in [2.24, 2.45) is 0 Å². The maximum absolute atomic E-state index is 14.6. The summed E-state index contributed by atoms with van der Waals surface area (Å²) in [4.78, 5) is 4.72. The van der Waals surface area contributed by atoms with Gasteiger partial charge in [-0.25, -0.2) is 22.2 Å². The minimum atomic E-state index is -4.41. The van der Waals surface area contributed by atoms with Crippen LogP contribution in [0.15, 0.2) is 44.9 Å². The van der Waals surface area contributed by atoms with Crippen molar-refractivity contribution in [3.8, 4) is 0 Å². The number of thiazole rings is 1. The molecule has 151 valence electrons. The van der Waals surface area contributed by atoms with E-state index in [1.54, 1.807) is 6.07 Å². The fourth-order valence-electron chi connectivity index (χ4n) is 3.05. The Kier molecular flexibility index (Phi) is 5.56. The van der Waals surface area contributed by atoms with E-state index in [4.69, 9.17) is 11.6 Å². The number of nitrogens with one attached hydrogen (secondary N) is 1. The molecule has 2 heterocycles. The number of anilines is 2. The van der Waals surface area contributed by atoms with Gasteiger partial charge in [0.2, 0.25) is 14.2 Å². The van der Waals surface area contributed by atoms with Crippen molar-refractivity contribution in [3.05, 3.63) is 64.1 Å². The molecule has 1 aromatic heterocycles. The van der Waals surface area contributed by atoms with E-state index >= 15 is 0 Å². The van der Waals surface area contributed by atoms with E-state index in [1.165, 1.54) is 5.38 Å². The highest BCUT2D eigenvalue weighted by molar-refractivity contribution is 7.93. The number of halogens is 3. The molecule has 0 amide bonds. The molecule has 0 unspecified atom stereocenters. The lowest BCUT2D eigenvalue weighted by Gasteiger charge is -2.31. The second kappa shape index (κ2) is 7.98. The summed E-state index contributed by atoms with van der Waals surface area (Å²) in [5, 5.41) is 4.64. The molecule has 1 saturated heterocycles. The van der Waals surface area contributed by atoms with Crippen LogP contribution in [0.4, 0.5) is 20.2 Å². The molecule has 3 aromatic rings. The molecular formula is C19H15ClF2N3O2S2. The second-order valence-electron chi connectivity index (χ2n) is 6.54. The smallest absolute Gasteiger partial charge is 0.239 e. The molecule has 0 spiro atoms. The molecule has 0 aliphatic carbocycles. The molecule has 0 atom stereocenters. The first-order chi connectivity index (χ1) is 13.9. The minimum absolute atomic E-state index is 0.0580. The van der Waals surface area contributed by atoms with E-state index in [-0.39, 0.29) is 5.69 Å². The first-order valence-corrected chi connectivity index (χ1v) is 11.4. The fraction of sp³-hybridized carbons (Fsp3) is 0.211. The van der Waals surface area contributed by atoms with E-state index in [0.29, 0.717) is 17.3 Å². The zero-order chi connectivity index (χ0) is 20.6. The van der Waals surface area contributed by atoms with E-state index < -0.39 is 30.7 Å². The maximum Gasteiger partial charge on any atom is 0.239 e. The Morgan fingerprint density at radius 1 is 1.24 bits per heavy atom. The molecule has 1 aliphatic heterocycles. The van der Waals surface area contributed by atoms with Crippen LogP contribution in [0.3, 0.4) is 0 Å². The Labute approximate surface area is 175 Å². The van der Waals surface area contributed by atoms with E-state index in [0.717, 1.165) is 48.5 Å². The van der Waals surface area contributed by atoms with Crippen molar-refractivity contribution in [2.45, 2.75) is 22.2 Å². The van der Waals surface area contributed by atoms with Gasteiger partial charge in [-0.3, -0.25) is 4.90 Å². The number of nitrogens with zero attached hydrogens (tertiary/aromatic N) is 2. The summed E-state index contributed by atoms with van der Waals surface area (Å²) in [6.07, 6.45) is 3.47. The van der Waals surface area contributed by atoms with Crippen LogP contribution in [0.25, 0.3) is 0 Å². The molecule has 1 aliphatic rings. The van der Waals surface area contributed by atoms with Crippen LogP contribution in [-0.2, 0) is 16.4 Å². The van der Waals surface area contributed by atoms with Gasteiger partial charge in [0.25, 0.3) is 0 Å². The highest BCUT2D eigenvalue weighted by Gasteiger charge is 2.29. The number of para-hydroxylation sites is 1. The summed E-state index contributed by atoms with van der Waals surface area (Å²) in [6.45, 7) is 2.62. The van der Waals surface area contributed by atoms with Crippen molar-refractivity contribution in [1.29, 1.82) is 0 Å². The number of hydrogen-bond acceptors (Lipinski definition) is 6. The standard InChI is InChI=1S/C19H15ClF2N3O2S2/c20-14-4-1-3-12(11-25-6-2-7-25)17(14)24-13-9-15(21)18(16(22)10-13)29(26,27)19-23-5-8-28-19/h1,3-4,8-10,24H,2,6-7,11H2. The number of rotatable bonds is 6. The quantitative estimate of drug-likeness (QED) is 0.587. The van der Waals surface area contributed by atoms with Crippen LogP contribution in [0.2, 0.25) is 5.02 Å². The summed E-state index contributed by atoms with van der Waals surface area (Å²) < 4.78 is 53.8. The third kappa shape index (κ3) is 4.00. The van der Waals surface area contributed by atoms with Gasteiger partial charge in [0.05, 0.1) is 10.7 Å². The van der Waals surface area contributed by atoms with Gasteiger partial charge in [0.15, 0.2) is 0 Å². The minimum Gasteiger partial charge on any atom is -0.354 e. The number of hydrogen-bond donors (Lipinski definition) is 1. The third-order valence-electron chi connectivity index (χ3n) is 4.58. The lowest BCUT2D eigenvalue weighted by atomic mass is 10.1. The molecule has 4 rings (SSSR count). The number of aromatic nitrogens is 1. The Morgan fingerprint density at radius 3 is 2.55 bits per heavy atom. The van der Waals surface area contributed by atoms with Gasteiger partial charge in [-0.2, -0.15) is 0 Å². The number of likely N-dealkylation sites (tertiary alicyclic amines) is 1. The third-order valence-corrected chi connectivity index (χ3v) is 7.83. The maximum atomic E-state index is 14.6. The Hall–Kier alpha value is -2.07. The monoisotopic (exact) mass is 454 g/mol. The van der Waals surface area contributed by atoms with Crippen molar-refractivity contribution >= 4 is 44.1 Å². The Balaban J connectivity index is 1.68. The average molecular weight is 455 g/mol. The van der Waals surface area contributed by atoms with Crippen molar-refractivity contribution < 1.29 is 17.2 Å². The molecule has 5 nitrogen and oxygen atoms in total. The topological polar surface area (TPSA) is 62.3 Å². The molecule has 2 aromatic carbocycles. The van der Waals surface area contributed by atoms with Gasteiger partial charge < -0.3 is 5.32 Å². The van der Waals surface area contributed by atoms with Gasteiger partial charge >= 0.3 is 0 Å². The molecule has 1 fully saturated rings. The van der Waals surface area contributed by atoms with Crippen molar-refractivity contribution in [2.75, 3.05) is 18.4 Å². The molecule has 1 N–H and O–H groups in total. The van der Waals surface area contributed by atoms with Gasteiger partial charge in [-0.1, -0.05) is 23.7 Å². The van der Waals surface area contributed by atoms with Crippen LogP contribution in [0.5, 0.6) is 0 Å². The number of benzene rings is 2. The summed E-state index contributed by atoms with van der Waals surface area (Å²) in [6, 6.07) is 7.24. The van der Waals surface area contributed by atoms with Crippen LogP contribution in [-0.4, -0.2) is 31.4 Å². The van der Waals surface area contributed by atoms with Gasteiger partial charge in [0, 0.05) is 17.6 Å². The lowest BCUT2D eigenvalue weighted by Crippen LogP contribution is -2.36. The second-order valence-corrected chi connectivity index (χ2v) is 9.87. The molecule has 0 bridgehead atoms. The predicted octanol–water partition coefficient (Wildman–Crippen LogP) is 4.66. The van der Waals surface area contributed by atoms with Crippen LogP contribution in [0, 0.1) is 17.8 Å². The first kappa shape index (κ1) is 20.2. The van der Waals surface area contributed by atoms with Crippen LogP contribution >= 0.6 is 22.9 Å². The van der Waals surface area contributed by atoms with Crippen molar-refractivity contribution in [3.63, 3.8) is 0 Å². The summed E-state index contributed by atoms with van der Waals surface area (Å²) in [5.41, 5.74) is 1.47. The summed E-state index contributed by atoms with van der Waals surface area (Å²) >= 11 is 7.04. The van der Waals surface area contributed by atoms with E-state index in [9.17, 15) is 17.2 Å². The SMILES string of the molecule is O=S(=O)(c1n[c]cs1)c1c(F)cc(Nc2c(Cl)cccc2CN2CCC2)cc1F. The largest absolute Gasteiger partial charge is 0.354 e. The Bertz CT molecular complexity index is 1130. The normalized spacial score (nSPS) is 14.6. The highest BCUT2D eigenvalue weighted by Crippen LogP contribution is 2.34. The van der Waals surface area contributed by atoms with E-state index in [1.807, 2.05) is 12.1 Å². The highest BCUT2D eigenvalue weighted by atomic mass is 35.5. The Morgan fingerprint density at radius 2 is 1.97 bits per heavy atom.